The third kappa shape index (κ3) is 5.18. The molecule has 1 aliphatic heterocycles. The van der Waals surface area contributed by atoms with Crippen molar-refractivity contribution in [2.45, 2.75) is 70.2 Å². The van der Waals surface area contributed by atoms with Crippen molar-refractivity contribution >= 4 is 21.7 Å². The van der Waals surface area contributed by atoms with Gasteiger partial charge < -0.3 is 5.32 Å². The molecule has 0 saturated carbocycles. The maximum atomic E-state index is 13.0. The maximum Gasteiger partial charge on any atom is 0.243 e. The van der Waals surface area contributed by atoms with E-state index < -0.39 is 10.0 Å². The van der Waals surface area contributed by atoms with Crippen molar-refractivity contribution in [1.29, 1.82) is 0 Å². The molecule has 7 nitrogen and oxygen atoms in total. The zero-order chi connectivity index (χ0) is 23.0. The summed E-state index contributed by atoms with van der Waals surface area (Å²) in [5, 5.41) is 7.80. The Morgan fingerprint density at radius 2 is 1.61 bits per heavy atom. The number of hydrogen-bond donors (Lipinski definition) is 1. The van der Waals surface area contributed by atoms with E-state index in [1.54, 1.807) is 30.3 Å². The molecular formula is C23H34N4O3S. The van der Waals surface area contributed by atoms with Crippen LogP contribution in [0.3, 0.4) is 0 Å². The number of carbonyl (C=O) groups excluding carboxylic acids is 1. The Morgan fingerprint density at radius 1 is 1.03 bits per heavy atom. The van der Waals surface area contributed by atoms with Crippen molar-refractivity contribution in [3.05, 3.63) is 42.1 Å². The van der Waals surface area contributed by atoms with E-state index in [1.165, 1.54) is 4.31 Å². The molecule has 1 N–H and O–H groups in total. The fourth-order valence-electron chi connectivity index (χ4n) is 3.68. The number of aromatic nitrogens is 2. The molecule has 0 bridgehead atoms. The van der Waals surface area contributed by atoms with E-state index in [0.717, 1.165) is 5.69 Å². The van der Waals surface area contributed by atoms with Gasteiger partial charge in [-0.1, -0.05) is 39.0 Å². The van der Waals surface area contributed by atoms with Crippen LogP contribution in [-0.4, -0.2) is 41.5 Å². The quantitative estimate of drug-likeness (QED) is 0.770. The van der Waals surface area contributed by atoms with Crippen LogP contribution in [0.4, 0.5) is 5.82 Å². The molecule has 1 aliphatic rings. The molecule has 2 aromatic rings. The van der Waals surface area contributed by atoms with Gasteiger partial charge in [0.2, 0.25) is 15.9 Å². The molecular weight excluding hydrogens is 412 g/mol. The van der Waals surface area contributed by atoms with Crippen LogP contribution in [-0.2, 0) is 25.8 Å². The Bertz CT molecular complexity index is 1020. The van der Waals surface area contributed by atoms with Crippen LogP contribution in [0, 0.1) is 5.92 Å². The van der Waals surface area contributed by atoms with E-state index in [9.17, 15) is 13.2 Å². The highest BCUT2D eigenvalue weighted by Gasteiger charge is 2.33. The molecule has 2 heterocycles. The Kier molecular flexibility index (Phi) is 6.35. The summed E-state index contributed by atoms with van der Waals surface area (Å²) in [5.41, 5.74) is 0.508. The minimum Gasteiger partial charge on any atom is -0.311 e. The second kappa shape index (κ2) is 8.39. The van der Waals surface area contributed by atoms with Crippen molar-refractivity contribution in [2.24, 2.45) is 5.92 Å². The zero-order valence-electron chi connectivity index (χ0n) is 19.3. The van der Waals surface area contributed by atoms with Crippen molar-refractivity contribution in [3.8, 4) is 0 Å². The number of carbonyl (C=O) groups is 1. The highest BCUT2D eigenvalue weighted by atomic mass is 32.2. The lowest BCUT2D eigenvalue weighted by Gasteiger charge is -2.31. The SMILES string of the molecule is CC(C)(C)c1cc(NC(=O)C2CCN(S(=O)(=O)c3ccccc3)CC2)n(C(C)(C)C)n1. The molecule has 0 radical (unpaired) electrons. The highest BCUT2D eigenvalue weighted by molar-refractivity contribution is 7.89. The third-order valence-corrected chi connectivity index (χ3v) is 7.48. The van der Waals surface area contributed by atoms with Gasteiger partial charge in [-0.2, -0.15) is 9.40 Å². The summed E-state index contributed by atoms with van der Waals surface area (Å²) < 4.78 is 29.0. The van der Waals surface area contributed by atoms with Gasteiger partial charge in [-0.25, -0.2) is 13.1 Å². The monoisotopic (exact) mass is 446 g/mol. The number of amides is 1. The van der Waals surface area contributed by atoms with E-state index in [0.29, 0.717) is 36.6 Å². The number of hydrogen-bond acceptors (Lipinski definition) is 4. The molecule has 0 spiro atoms. The van der Waals surface area contributed by atoms with Crippen LogP contribution < -0.4 is 5.32 Å². The Balaban J connectivity index is 1.70. The topological polar surface area (TPSA) is 84.3 Å². The van der Waals surface area contributed by atoms with Crippen LogP contribution in [0.5, 0.6) is 0 Å². The zero-order valence-corrected chi connectivity index (χ0v) is 20.2. The minimum atomic E-state index is -3.52. The van der Waals surface area contributed by atoms with Crippen molar-refractivity contribution in [3.63, 3.8) is 0 Å². The molecule has 0 atom stereocenters. The van der Waals surface area contributed by atoms with E-state index >= 15 is 0 Å². The van der Waals surface area contributed by atoms with Gasteiger partial charge >= 0.3 is 0 Å². The van der Waals surface area contributed by atoms with E-state index in [1.807, 2.05) is 10.7 Å². The van der Waals surface area contributed by atoms with Crippen molar-refractivity contribution in [1.82, 2.24) is 14.1 Å². The smallest absolute Gasteiger partial charge is 0.243 e. The average Bonchev–Trinajstić information content (AvgIpc) is 3.13. The summed E-state index contributed by atoms with van der Waals surface area (Å²) >= 11 is 0. The van der Waals surface area contributed by atoms with Gasteiger partial charge in [0.05, 0.1) is 16.1 Å². The molecule has 1 aromatic carbocycles. The molecule has 1 aromatic heterocycles. The predicted octanol–water partition coefficient (Wildman–Crippen LogP) is 3.98. The van der Waals surface area contributed by atoms with Gasteiger partial charge in [0.25, 0.3) is 0 Å². The molecule has 1 fully saturated rings. The number of nitrogens with zero attached hydrogens (tertiary/aromatic N) is 3. The summed E-state index contributed by atoms with van der Waals surface area (Å²) in [5.74, 6) is 0.369. The predicted molar refractivity (Wildman–Crippen MR) is 122 cm³/mol. The van der Waals surface area contributed by atoms with E-state index in [2.05, 4.69) is 46.9 Å². The Hall–Kier alpha value is -2.19. The van der Waals surface area contributed by atoms with Gasteiger partial charge in [0, 0.05) is 30.5 Å². The lowest BCUT2D eigenvalue weighted by atomic mass is 9.92. The molecule has 1 amide bonds. The summed E-state index contributed by atoms with van der Waals surface area (Å²) in [4.78, 5) is 13.3. The third-order valence-electron chi connectivity index (χ3n) is 5.57. The van der Waals surface area contributed by atoms with Gasteiger partial charge in [0.15, 0.2) is 0 Å². The first-order valence-electron chi connectivity index (χ1n) is 10.8. The van der Waals surface area contributed by atoms with Crippen molar-refractivity contribution in [2.75, 3.05) is 18.4 Å². The second-order valence-corrected chi connectivity index (χ2v) is 12.2. The number of nitrogens with one attached hydrogen (secondary N) is 1. The number of sulfonamides is 1. The average molecular weight is 447 g/mol. The van der Waals surface area contributed by atoms with Crippen LogP contribution in [0.1, 0.15) is 60.1 Å². The molecule has 0 unspecified atom stereocenters. The normalized spacial score (nSPS) is 17.0. The van der Waals surface area contributed by atoms with Crippen molar-refractivity contribution < 1.29 is 13.2 Å². The molecule has 31 heavy (non-hydrogen) atoms. The van der Waals surface area contributed by atoms with Gasteiger partial charge in [0.1, 0.15) is 5.82 Å². The standard InChI is InChI=1S/C23H34N4O3S/c1-22(2,3)19-16-20(27(25-19)23(4,5)6)24-21(28)17-12-14-26(15-13-17)31(29,30)18-10-8-7-9-11-18/h7-11,16-17H,12-15H2,1-6H3,(H,24,28). The van der Waals surface area contributed by atoms with Crippen LogP contribution in [0.25, 0.3) is 0 Å². The van der Waals surface area contributed by atoms with E-state index in [4.69, 9.17) is 5.10 Å². The number of rotatable bonds is 4. The van der Waals surface area contributed by atoms with Gasteiger partial charge in [-0.3, -0.25) is 4.79 Å². The Morgan fingerprint density at radius 3 is 2.13 bits per heavy atom. The van der Waals surface area contributed by atoms with Crippen LogP contribution >= 0.6 is 0 Å². The number of anilines is 1. The lowest BCUT2D eigenvalue weighted by Crippen LogP contribution is -2.41. The summed E-state index contributed by atoms with van der Waals surface area (Å²) in [7, 11) is -3.52. The van der Waals surface area contributed by atoms with Gasteiger partial charge in [-0.05, 0) is 45.7 Å². The number of benzene rings is 1. The second-order valence-electron chi connectivity index (χ2n) is 10.2. The highest BCUT2D eigenvalue weighted by Crippen LogP contribution is 2.30. The molecule has 1 saturated heterocycles. The summed E-state index contributed by atoms with van der Waals surface area (Å²) in [6.45, 7) is 13.1. The first-order valence-corrected chi connectivity index (χ1v) is 12.2. The fourth-order valence-corrected chi connectivity index (χ4v) is 5.17. The Labute approximate surface area is 185 Å². The maximum absolute atomic E-state index is 13.0. The first kappa shape index (κ1) is 23.5. The molecule has 0 aliphatic carbocycles. The first-order chi connectivity index (χ1) is 14.3. The fraction of sp³-hybridized carbons (Fsp3) is 0.565. The molecule has 170 valence electrons. The molecule has 3 rings (SSSR count). The lowest BCUT2D eigenvalue weighted by molar-refractivity contribution is -0.121. The minimum absolute atomic E-state index is 0.0809. The molecule has 8 heteroatoms. The van der Waals surface area contributed by atoms with Crippen LogP contribution in [0.15, 0.2) is 41.3 Å². The largest absolute Gasteiger partial charge is 0.311 e. The number of piperidine rings is 1. The van der Waals surface area contributed by atoms with E-state index in [-0.39, 0.29) is 22.8 Å². The summed E-state index contributed by atoms with van der Waals surface area (Å²) in [6.07, 6.45) is 0.987. The van der Waals surface area contributed by atoms with Crippen LogP contribution in [0.2, 0.25) is 0 Å². The summed E-state index contributed by atoms with van der Waals surface area (Å²) in [6, 6.07) is 10.4. The van der Waals surface area contributed by atoms with Gasteiger partial charge in [-0.15, -0.1) is 0 Å².